The first-order chi connectivity index (χ1) is 10.3. The quantitative estimate of drug-likeness (QED) is 0.527. The van der Waals surface area contributed by atoms with Gasteiger partial charge in [0.15, 0.2) is 20.0 Å². The largest absolute Gasteiger partial charge is 0.480 e. The Morgan fingerprint density at radius 2 is 1.25 bits per heavy atom. The second kappa shape index (κ2) is 8.64. The summed E-state index contributed by atoms with van der Waals surface area (Å²) in [6.07, 6.45) is 0.918. The molecule has 0 saturated carbocycles. The van der Waals surface area contributed by atoms with Crippen LogP contribution in [0.1, 0.15) is 13.3 Å². The van der Waals surface area contributed by atoms with Crippen LogP contribution in [0.3, 0.4) is 0 Å². The minimum Gasteiger partial charge on any atom is -0.421 e. The summed E-state index contributed by atoms with van der Waals surface area (Å²) in [6.45, 7) is 4.70. The van der Waals surface area contributed by atoms with Crippen molar-refractivity contribution in [3.63, 3.8) is 0 Å². The molecule has 0 fully saturated rings. The van der Waals surface area contributed by atoms with E-state index in [-0.39, 0.29) is 0 Å². The molecule has 15 heteroatoms. The van der Waals surface area contributed by atoms with Gasteiger partial charge in [-0.25, -0.2) is 16.8 Å². The van der Waals surface area contributed by atoms with Crippen molar-refractivity contribution in [1.82, 2.24) is 0 Å². The number of halogens is 6. The van der Waals surface area contributed by atoms with Gasteiger partial charge in [-0.2, -0.15) is 26.3 Å². The van der Waals surface area contributed by atoms with Crippen molar-refractivity contribution in [3.8, 4) is 0 Å². The van der Waals surface area contributed by atoms with E-state index in [0.717, 1.165) is 28.1 Å². The van der Waals surface area contributed by atoms with Gasteiger partial charge in [-0.3, -0.25) is 0 Å². The average molecular weight is 412 g/mol. The summed E-state index contributed by atoms with van der Waals surface area (Å²) >= 11 is 0. The molecule has 0 aliphatic heterocycles. The molecule has 0 aliphatic carbocycles. The summed E-state index contributed by atoms with van der Waals surface area (Å²) < 4.78 is 110. The molecule has 0 spiro atoms. The molecule has 0 unspecified atom stereocenters. The lowest BCUT2D eigenvalue weighted by molar-refractivity contribution is -0.888. The number of quaternary nitrogens is 1. The molecular weight excluding hydrogens is 394 g/mol. The summed E-state index contributed by atoms with van der Waals surface area (Å²) in [6, 6.07) is 0. The Kier molecular flexibility index (Phi) is 9.22. The SMILES string of the molecule is CC[N+](C)(C)CCCO.O=S(=O)([N-]S(=O)(=O)C(F)(F)F)C(F)(F)F. The average Bonchev–Trinajstić information content (AvgIpc) is 2.33. The zero-order valence-corrected chi connectivity index (χ0v) is 14.5. The standard InChI is InChI=1S/C7H18NO.C2F6NO4S2/c1-4-8(2,3)6-5-7-9;3-1(4,5)14(10,11)9-15(12,13)2(6,7)8/h9H,4-7H2,1-3H3;/q+1;-1. The van der Waals surface area contributed by atoms with Crippen LogP contribution in [0.5, 0.6) is 0 Å². The number of sulfonamides is 2. The number of nitrogens with zero attached hydrogens (tertiary/aromatic N) is 2. The molecular formula is C9H18F6N2O5S2. The Balaban J connectivity index is 0. The van der Waals surface area contributed by atoms with E-state index >= 15 is 0 Å². The first-order valence-corrected chi connectivity index (χ1v) is 9.00. The number of alkyl halides is 6. The number of hydrogen-bond donors (Lipinski definition) is 1. The van der Waals surface area contributed by atoms with E-state index < -0.39 is 31.1 Å². The third-order valence-electron chi connectivity index (χ3n) is 2.56. The molecule has 0 rings (SSSR count). The maximum absolute atomic E-state index is 11.4. The lowest BCUT2D eigenvalue weighted by Crippen LogP contribution is -2.40. The van der Waals surface area contributed by atoms with Crippen molar-refractivity contribution in [3.05, 3.63) is 4.13 Å². The zero-order valence-electron chi connectivity index (χ0n) is 12.9. The topological polar surface area (TPSA) is 103 Å². The Morgan fingerprint density at radius 3 is 1.46 bits per heavy atom. The molecule has 1 N–H and O–H groups in total. The van der Waals surface area contributed by atoms with Gasteiger partial charge in [0, 0.05) is 13.0 Å². The molecule has 0 aliphatic rings. The molecule has 0 amide bonds. The lowest BCUT2D eigenvalue weighted by atomic mass is 10.3. The smallest absolute Gasteiger partial charge is 0.421 e. The van der Waals surface area contributed by atoms with Gasteiger partial charge in [0.05, 0.1) is 27.2 Å². The van der Waals surface area contributed by atoms with E-state index in [4.69, 9.17) is 5.11 Å². The Morgan fingerprint density at radius 1 is 0.917 bits per heavy atom. The highest BCUT2D eigenvalue weighted by atomic mass is 32.3. The summed E-state index contributed by atoms with van der Waals surface area (Å²) in [5, 5.41) is 8.52. The van der Waals surface area contributed by atoms with Gasteiger partial charge in [0.1, 0.15) is 0 Å². The summed E-state index contributed by atoms with van der Waals surface area (Å²) in [7, 11) is -9.09. The van der Waals surface area contributed by atoms with E-state index in [9.17, 15) is 43.2 Å². The van der Waals surface area contributed by atoms with Gasteiger partial charge in [-0.1, -0.05) is 0 Å². The predicted octanol–water partition coefficient (Wildman–Crippen LogP) is 1.52. The molecule has 148 valence electrons. The van der Waals surface area contributed by atoms with Gasteiger partial charge < -0.3 is 13.7 Å². The first-order valence-electron chi connectivity index (χ1n) is 6.12. The summed E-state index contributed by atoms with van der Waals surface area (Å²) in [5.41, 5.74) is -12.4. The highest BCUT2D eigenvalue weighted by Crippen LogP contribution is 2.36. The maximum Gasteiger partial charge on any atom is 0.480 e. The van der Waals surface area contributed by atoms with Crippen molar-refractivity contribution in [2.45, 2.75) is 24.4 Å². The molecule has 0 heterocycles. The number of hydrogen-bond acceptors (Lipinski definition) is 5. The predicted molar refractivity (Wildman–Crippen MR) is 72.5 cm³/mol. The van der Waals surface area contributed by atoms with Gasteiger partial charge in [0.2, 0.25) is 0 Å². The van der Waals surface area contributed by atoms with Crippen LogP contribution in [0.25, 0.3) is 4.13 Å². The summed E-state index contributed by atoms with van der Waals surface area (Å²) in [5.74, 6) is 0. The number of aliphatic hydroxyl groups is 1. The van der Waals surface area contributed by atoms with E-state index in [0.29, 0.717) is 6.61 Å². The Bertz CT molecular complexity index is 541. The van der Waals surface area contributed by atoms with Gasteiger partial charge >= 0.3 is 11.0 Å². The van der Waals surface area contributed by atoms with Crippen LogP contribution in [0, 0.1) is 0 Å². The molecule has 0 atom stereocenters. The van der Waals surface area contributed by atoms with Crippen LogP contribution in [0.4, 0.5) is 26.3 Å². The maximum atomic E-state index is 11.4. The van der Waals surface area contributed by atoms with Crippen molar-refractivity contribution in [1.29, 1.82) is 0 Å². The highest BCUT2D eigenvalue weighted by Gasteiger charge is 2.46. The third-order valence-corrected chi connectivity index (χ3v) is 5.30. The number of aliphatic hydroxyl groups excluding tert-OH is 1. The second-order valence-corrected chi connectivity index (χ2v) is 8.39. The molecule has 0 aromatic rings. The fraction of sp³-hybridized carbons (Fsp3) is 1.00. The van der Waals surface area contributed by atoms with Crippen LogP contribution in [0.15, 0.2) is 0 Å². The van der Waals surface area contributed by atoms with Crippen LogP contribution in [-0.2, 0) is 20.0 Å². The van der Waals surface area contributed by atoms with Crippen LogP contribution < -0.4 is 0 Å². The monoisotopic (exact) mass is 412 g/mol. The van der Waals surface area contributed by atoms with Crippen molar-refractivity contribution >= 4 is 20.0 Å². The van der Waals surface area contributed by atoms with Gasteiger partial charge in [-0.05, 0) is 6.92 Å². The van der Waals surface area contributed by atoms with E-state index in [1.54, 1.807) is 0 Å². The Labute approximate surface area is 135 Å². The van der Waals surface area contributed by atoms with Crippen LogP contribution in [-0.4, -0.2) is 71.2 Å². The Hall–Kier alpha value is -0.640. The van der Waals surface area contributed by atoms with Gasteiger partial charge in [-0.15, -0.1) is 0 Å². The molecule has 0 aromatic carbocycles. The van der Waals surface area contributed by atoms with E-state index in [1.807, 2.05) is 0 Å². The first kappa shape index (κ1) is 25.6. The lowest BCUT2D eigenvalue weighted by Gasteiger charge is -2.27. The van der Waals surface area contributed by atoms with Crippen LogP contribution >= 0.6 is 0 Å². The molecule has 7 nitrogen and oxygen atoms in total. The molecule has 0 radical (unpaired) electrons. The summed E-state index contributed by atoms with van der Waals surface area (Å²) in [4.78, 5) is 0. The fourth-order valence-electron chi connectivity index (χ4n) is 0.871. The molecule has 0 aromatic heterocycles. The van der Waals surface area contributed by atoms with E-state index in [1.165, 1.54) is 0 Å². The van der Waals surface area contributed by atoms with Crippen molar-refractivity contribution < 1.29 is 52.8 Å². The molecule has 24 heavy (non-hydrogen) atoms. The van der Waals surface area contributed by atoms with Gasteiger partial charge in [0.25, 0.3) is 0 Å². The number of rotatable bonds is 6. The highest BCUT2D eigenvalue weighted by molar-refractivity contribution is 8.13. The third kappa shape index (κ3) is 9.00. The minimum atomic E-state index is -6.72. The van der Waals surface area contributed by atoms with E-state index in [2.05, 4.69) is 21.0 Å². The van der Waals surface area contributed by atoms with Crippen LogP contribution in [0.2, 0.25) is 0 Å². The van der Waals surface area contributed by atoms with Crippen molar-refractivity contribution in [2.24, 2.45) is 0 Å². The zero-order chi connectivity index (χ0) is 20.0. The fourth-order valence-corrected chi connectivity index (χ4v) is 2.58. The minimum absolute atomic E-state index is 0.321. The molecule has 0 bridgehead atoms. The normalized spacial score (nSPS) is 14.1. The second-order valence-electron chi connectivity index (χ2n) is 4.97. The van der Waals surface area contributed by atoms with Crippen molar-refractivity contribution in [2.75, 3.05) is 33.8 Å². The molecule has 0 saturated heterocycles.